The fourth-order valence-corrected chi connectivity index (χ4v) is 3.80. The second-order valence-corrected chi connectivity index (χ2v) is 9.01. The molecule has 0 bridgehead atoms. The lowest BCUT2D eigenvalue weighted by molar-refractivity contribution is 0.180. The van der Waals surface area contributed by atoms with E-state index in [4.69, 9.17) is 0 Å². The molecule has 4 rings (SSSR count). The highest BCUT2D eigenvalue weighted by atomic mass is 32.2. The van der Waals surface area contributed by atoms with Crippen LogP contribution in [0, 0.1) is 12.8 Å². The number of aromatic nitrogens is 2. The van der Waals surface area contributed by atoms with Crippen LogP contribution in [0.1, 0.15) is 18.5 Å². The van der Waals surface area contributed by atoms with Crippen molar-refractivity contribution >= 4 is 15.5 Å². The number of pyridine rings is 1. The molecule has 0 saturated heterocycles. The molecule has 0 radical (unpaired) electrons. The van der Waals surface area contributed by atoms with Crippen LogP contribution in [0.15, 0.2) is 41.4 Å². The number of anilines is 1. The van der Waals surface area contributed by atoms with E-state index in [1.807, 2.05) is 18.2 Å². The number of hydrogen-bond acceptors (Lipinski definition) is 5. The molecule has 7 heteroatoms. The van der Waals surface area contributed by atoms with Gasteiger partial charge in [-0.15, -0.1) is 0 Å². The summed E-state index contributed by atoms with van der Waals surface area (Å²) in [4.78, 5) is 4.50. The van der Waals surface area contributed by atoms with Crippen LogP contribution in [-0.4, -0.2) is 36.1 Å². The molecule has 1 aromatic rings. The van der Waals surface area contributed by atoms with E-state index < -0.39 is 9.84 Å². The van der Waals surface area contributed by atoms with Crippen LogP contribution in [0.3, 0.4) is 0 Å². The van der Waals surface area contributed by atoms with E-state index in [2.05, 4.69) is 10.3 Å². The molecule has 26 heavy (non-hydrogen) atoms. The molecule has 0 unspecified atom stereocenters. The standard InChI is InChI=1S/C19H21N3O3S/c1-12-9-16(15-7-8-20-19(15)22(12)23)17-10-14(26(2,24)25)5-6-18(17)21-11-13-3-4-13/h5-10,13,21,23H,3-4,11H2,1-2H3. The summed E-state index contributed by atoms with van der Waals surface area (Å²) in [6.07, 6.45) is 5.31. The van der Waals surface area contributed by atoms with Crippen molar-refractivity contribution in [3.8, 4) is 22.5 Å². The third kappa shape index (κ3) is 3.03. The molecule has 2 heterocycles. The number of hydrogen-bond donors (Lipinski definition) is 2. The minimum atomic E-state index is -3.33. The summed E-state index contributed by atoms with van der Waals surface area (Å²) in [5, 5.41) is 13.7. The molecule has 1 aliphatic carbocycles. The largest absolute Gasteiger partial charge is 0.427 e. The van der Waals surface area contributed by atoms with Crippen molar-refractivity contribution in [3.05, 3.63) is 42.2 Å². The van der Waals surface area contributed by atoms with E-state index in [0.29, 0.717) is 17.4 Å². The molecule has 0 atom stereocenters. The van der Waals surface area contributed by atoms with E-state index in [1.54, 1.807) is 25.3 Å². The average Bonchev–Trinajstić information content (AvgIpc) is 3.29. The third-order valence-electron chi connectivity index (χ3n) is 4.84. The van der Waals surface area contributed by atoms with Crippen LogP contribution < -0.4 is 5.32 Å². The van der Waals surface area contributed by atoms with Gasteiger partial charge in [-0.05, 0) is 61.6 Å². The van der Waals surface area contributed by atoms with E-state index in [1.165, 1.54) is 19.1 Å². The van der Waals surface area contributed by atoms with Gasteiger partial charge in [0.05, 0.1) is 10.6 Å². The molecule has 0 spiro atoms. The van der Waals surface area contributed by atoms with Gasteiger partial charge >= 0.3 is 0 Å². The maximum Gasteiger partial charge on any atom is 0.176 e. The van der Waals surface area contributed by atoms with Crippen LogP contribution in [0.2, 0.25) is 0 Å². The van der Waals surface area contributed by atoms with Crippen molar-refractivity contribution in [2.24, 2.45) is 5.92 Å². The van der Waals surface area contributed by atoms with E-state index in [0.717, 1.165) is 33.7 Å². The summed E-state index contributed by atoms with van der Waals surface area (Å²) >= 11 is 0. The number of fused-ring (bicyclic) bond motifs is 1. The van der Waals surface area contributed by atoms with Crippen molar-refractivity contribution in [3.63, 3.8) is 0 Å². The Morgan fingerprint density at radius 1 is 1.19 bits per heavy atom. The molecular weight excluding hydrogens is 350 g/mol. The van der Waals surface area contributed by atoms with Gasteiger partial charge < -0.3 is 10.5 Å². The Hall–Kier alpha value is -2.54. The van der Waals surface area contributed by atoms with Crippen LogP contribution in [0.25, 0.3) is 22.5 Å². The fourth-order valence-electron chi connectivity index (χ4n) is 3.15. The predicted octanol–water partition coefficient (Wildman–Crippen LogP) is 3.43. The highest BCUT2D eigenvalue weighted by Gasteiger charge is 2.23. The summed E-state index contributed by atoms with van der Waals surface area (Å²) in [5.41, 5.74) is 3.95. The summed E-state index contributed by atoms with van der Waals surface area (Å²) in [6, 6.07) is 8.85. The van der Waals surface area contributed by atoms with Gasteiger partial charge in [0.2, 0.25) is 0 Å². The number of benzene rings is 1. The van der Waals surface area contributed by atoms with Crippen molar-refractivity contribution in [1.82, 2.24) is 9.71 Å². The molecular formula is C19H21N3O3S. The van der Waals surface area contributed by atoms with Gasteiger partial charge in [0, 0.05) is 35.8 Å². The highest BCUT2D eigenvalue weighted by Crippen LogP contribution is 2.39. The van der Waals surface area contributed by atoms with Crippen LogP contribution in [0.4, 0.5) is 5.69 Å². The zero-order valence-electron chi connectivity index (χ0n) is 14.7. The van der Waals surface area contributed by atoms with E-state index in [-0.39, 0.29) is 4.90 Å². The van der Waals surface area contributed by atoms with E-state index >= 15 is 0 Å². The maximum atomic E-state index is 12.1. The monoisotopic (exact) mass is 371 g/mol. The summed E-state index contributed by atoms with van der Waals surface area (Å²) in [7, 11) is -3.33. The lowest BCUT2D eigenvalue weighted by atomic mass is 9.98. The van der Waals surface area contributed by atoms with Crippen molar-refractivity contribution in [2.75, 3.05) is 18.1 Å². The molecule has 0 amide bonds. The van der Waals surface area contributed by atoms with Crippen LogP contribution in [0.5, 0.6) is 0 Å². The minimum absolute atomic E-state index is 0.274. The summed E-state index contributed by atoms with van der Waals surface area (Å²) in [5.74, 6) is 1.15. The van der Waals surface area contributed by atoms with Crippen molar-refractivity contribution < 1.29 is 13.6 Å². The quantitative estimate of drug-likeness (QED) is 0.671. The Labute approximate surface area is 152 Å². The molecule has 2 N–H and O–H groups in total. The first kappa shape index (κ1) is 16.9. The molecule has 0 aromatic heterocycles. The molecule has 2 aliphatic heterocycles. The summed E-state index contributed by atoms with van der Waals surface area (Å²) in [6.45, 7) is 2.66. The number of sulfone groups is 1. The van der Waals surface area contributed by atoms with Gasteiger partial charge in [-0.25, -0.2) is 13.4 Å². The Morgan fingerprint density at radius 2 is 1.96 bits per heavy atom. The number of aryl methyl sites for hydroxylation is 1. The first-order valence-electron chi connectivity index (χ1n) is 8.59. The Morgan fingerprint density at radius 3 is 2.65 bits per heavy atom. The Bertz CT molecular complexity index is 1050. The SMILES string of the molecule is Cc1cc(-c2cc(S(C)(=O)=O)ccc2NCC2CC2)c2ccnc-2n1O. The lowest BCUT2D eigenvalue weighted by Gasteiger charge is -2.18. The first-order chi connectivity index (χ1) is 12.3. The second-order valence-electron chi connectivity index (χ2n) is 7.00. The molecule has 136 valence electrons. The predicted molar refractivity (Wildman–Crippen MR) is 101 cm³/mol. The third-order valence-corrected chi connectivity index (χ3v) is 5.95. The van der Waals surface area contributed by atoms with Crippen molar-refractivity contribution in [1.29, 1.82) is 0 Å². The zero-order valence-corrected chi connectivity index (χ0v) is 15.5. The van der Waals surface area contributed by atoms with Crippen LogP contribution >= 0.6 is 0 Å². The maximum absolute atomic E-state index is 12.1. The highest BCUT2D eigenvalue weighted by molar-refractivity contribution is 7.90. The van der Waals surface area contributed by atoms with Crippen LogP contribution in [-0.2, 0) is 9.84 Å². The van der Waals surface area contributed by atoms with Gasteiger partial charge in [0.1, 0.15) is 0 Å². The Kier molecular flexibility index (Phi) is 3.91. The number of rotatable bonds is 5. The van der Waals surface area contributed by atoms with Crippen molar-refractivity contribution in [2.45, 2.75) is 24.7 Å². The fraction of sp³-hybridized carbons (Fsp3) is 0.316. The minimum Gasteiger partial charge on any atom is -0.427 e. The van der Waals surface area contributed by atoms with Gasteiger partial charge in [0.25, 0.3) is 0 Å². The molecule has 1 saturated carbocycles. The molecule has 1 fully saturated rings. The smallest absolute Gasteiger partial charge is 0.176 e. The Balaban J connectivity index is 1.90. The number of nitrogens with one attached hydrogen (secondary N) is 1. The normalized spacial score (nSPS) is 14.7. The van der Waals surface area contributed by atoms with Gasteiger partial charge in [-0.3, -0.25) is 0 Å². The van der Waals surface area contributed by atoms with Gasteiger partial charge in [0.15, 0.2) is 15.7 Å². The van der Waals surface area contributed by atoms with Gasteiger partial charge in [-0.1, -0.05) is 0 Å². The number of nitrogens with zero attached hydrogens (tertiary/aromatic N) is 2. The molecule has 1 aromatic carbocycles. The lowest BCUT2D eigenvalue weighted by Crippen LogP contribution is -2.08. The zero-order chi connectivity index (χ0) is 18.5. The van der Waals surface area contributed by atoms with E-state index in [9.17, 15) is 13.6 Å². The molecule has 3 aliphatic rings. The topological polar surface area (TPSA) is 84.2 Å². The first-order valence-corrected chi connectivity index (χ1v) is 10.5. The average molecular weight is 371 g/mol. The molecule has 6 nitrogen and oxygen atoms in total. The van der Waals surface area contributed by atoms with Gasteiger partial charge in [-0.2, -0.15) is 4.73 Å². The summed E-state index contributed by atoms with van der Waals surface area (Å²) < 4.78 is 25.2. The second kappa shape index (κ2) is 6.02.